The zero-order valence-corrected chi connectivity index (χ0v) is 22.1. The topological polar surface area (TPSA) is 154 Å². The van der Waals surface area contributed by atoms with Gasteiger partial charge in [-0.15, -0.1) is 0 Å². The fourth-order valence-electron chi connectivity index (χ4n) is 5.89. The van der Waals surface area contributed by atoms with Crippen LogP contribution in [0, 0.1) is 17.0 Å². The van der Waals surface area contributed by atoms with Crippen molar-refractivity contribution in [1.29, 1.82) is 0 Å². The Kier molecular flexibility index (Phi) is 6.68. The minimum Gasteiger partial charge on any atom is -0.493 e. The Hall–Kier alpha value is -4.36. The molecule has 13 heteroatoms. The molecule has 0 saturated carbocycles. The van der Waals surface area contributed by atoms with E-state index in [4.69, 9.17) is 18.9 Å². The number of aliphatic hydroxyl groups is 1. The zero-order valence-electron chi connectivity index (χ0n) is 22.1. The highest BCUT2D eigenvalue weighted by atomic mass is 16.7. The van der Waals surface area contributed by atoms with E-state index >= 15 is 0 Å². The van der Waals surface area contributed by atoms with Crippen LogP contribution in [0.4, 0.5) is 5.82 Å². The molecule has 0 aliphatic carbocycles. The van der Waals surface area contributed by atoms with E-state index in [0.717, 1.165) is 35.6 Å². The molecule has 0 saturated heterocycles. The fourth-order valence-corrected chi connectivity index (χ4v) is 5.89. The molecule has 40 heavy (non-hydrogen) atoms. The molecule has 6 rings (SSSR count). The molecule has 2 unspecified atom stereocenters. The molecule has 13 nitrogen and oxygen atoms in total. The number of hydrogen-bond acceptors (Lipinski definition) is 11. The molecular weight excluding hydrogens is 522 g/mol. The molecule has 3 aromatic rings. The number of rotatable bonds is 8. The lowest BCUT2D eigenvalue weighted by molar-refractivity contribution is -0.392. The molecule has 3 aliphatic heterocycles. The third-order valence-electron chi connectivity index (χ3n) is 7.81. The number of methoxy groups -OCH3 is 1. The highest BCUT2D eigenvalue weighted by Crippen LogP contribution is 2.47. The lowest BCUT2D eigenvalue weighted by atomic mass is 9.82. The normalized spacial score (nSPS) is 18.2. The first-order chi connectivity index (χ1) is 19.4. The molecular formula is C27H29N5O8. The third kappa shape index (κ3) is 4.46. The van der Waals surface area contributed by atoms with Gasteiger partial charge in [0, 0.05) is 37.2 Å². The van der Waals surface area contributed by atoms with Crippen LogP contribution in [0.25, 0.3) is 0 Å². The van der Waals surface area contributed by atoms with Crippen LogP contribution < -0.4 is 18.9 Å². The molecule has 3 aliphatic rings. The van der Waals surface area contributed by atoms with Crippen molar-refractivity contribution in [2.75, 3.05) is 27.1 Å². The van der Waals surface area contributed by atoms with Gasteiger partial charge in [-0.3, -0.25) is 4.90 Å². The first kappa shape index (κ1) is 25.9. The molecule has 1 aromatic heterocycles. The minimum absolute atomic E-state index is 0.0526. The number of aryl methyl sites for hydroxylation is 1. The molecule has 2 atom stereocenters. The van der Waals surface area contributed by atoms with Crippen LogP contribution in [0.15, 0.2) is 29.6 Å². The Bertz CT molecular complexity index is 1500. The standard InChI is InChI=1S/C27H29N5O8/c1-15-28-10-26(32(35)36)31(15)11-18(33)13-38-27-21-12-30-4-3-16-5-23-24(40-14-39-23)8-20(16)22(30)7-19(21)17(9-29-34)6-25(27)37-2/h5-6,8-10,18,22,33-34H,3-4,7,11-14H2,1-2H3/b29-9+. The number of ether oxygens (including phenoxy) is 4. The van der Waals surface area contributed by atoms with Crippen LogP contribution in [-0.2, 0) is 25.9 Å². The monoisotopic (exact) mass is 551 g/mol. The Morgan fingerprint density at radius 2 is 2.10 bits per heavy atom. The maximum absolute atomic E-state index is 11.3. The van der Waals surface area contributed by atoms with Gasteiger partial charge in [-0.1, -0.05) is 5.16 Å². The van der Waals surface area contributed by atoms with Crippen molar-refractivity contribution < 1.29 is 34.2 Å². The first-order valence-electron chi connectivity index (χ1n) is 12.9. The van der Waals surface area contributed by atoms with Gasteiger partial charge in [0.15, 0.2) is 28.8 Å². The first-order valence-corrected chi connectivity index (χ1v) is 12.9. The van der Waals surface area contributed by atoms with E-state index in [9.17, 15) is 20.4 Å². The highest BCUT2D eigenvalue weighted by Gasteiger charge is 2.37. The Labute approximate surface area is 229 Å². The molecule has 0 spiro atoms. The molecule has 210 valence electrons. The van der Waals surface area contributed by atoms with Crippen LogP contribution in [0.5, 0.6) is 23.0 Å². The van der Waals surface area contributed by atoms with Gasteiger partial charge in [0.2, 0.25) is 6.79 Å². The van der Waals surface area contributed by atoms with Gasteiger partial charge < -0.3 is 39.4 Å². The second kappa shape index (κ2) is 10.3. The second-order valence-corrected chi connectivity index (χ2v) is 10.0. The predicted octanol–water partition coefficient (Wildman–Crippen LogP) is 2.74. The Morgan fingerprint density at radius 1 is 1.30 bits per heavy atom. The smallest absolute Gasteiger partial charge is 0.342 e. The summed E-state index contributed by atoms with van der Waals surface area (Å²) in [6.45, 7) is 3.05. The Balaban J connectivity index is 1.31. The van der Waals surface area contributed by atoms with Crippen molar-refractivity contribution in [3.63, 3.8) is 0 Å². The minimum atomic E-state index is -1.05. The van der Waals surface area contributed by atoms with Crippen molar-refractivity contribution in [2.45, 2.75) is 45.0 Å². The summed E-state index contributed by atoms with van der Waals surface area (Å²) in [5.41, 5.74) is 4.95. The summed E-state index contributed by atoms with van der Waals surface area (Å²) in [5.74, 6) is 2.66. The number of nitrogens with zero attached hydrogens (tertiary/aromatic N) is 5. The quantitative estimate of drug-likeness (QED) is 0.185. The average Bonchev–Trinajstić information content (AvgIpc) is 3.56. The lowest BCUT2D eigenvalue weighted by Gasteiger charge is -2.42. The van der Waals surface area contributed by atoms with Crippen LogP contribution in [0.2, 0.25) is 0 Å². The zero-order chi connectivity index (χ0) is 28.0. The molecule has 0 bridgehead atoms. The van der Waals surface area contributed by atoms with Gasteiger partial charge in [-0.05, 0) is 52.7 Å². The van der Waals surface area contributed by atoms with Gasteiger partial charge in [-0.25, -0.2) is 9.55 Å². The highest BCUT2D eigenvalue weighted by molar-refractivity contribution is 5.84. The summed E-state index contributed by atoms with van der Waals surface area (Å²) in [7, 11) is 1.52. The van der Waals surface area contributed by atoms with Gasteiger partial charge in [0.05, 0.1) is 13.3 Å². The van der Waals surface area contributed by atoms with Crippen LogP contribution in [-0.4, -0.2) is 69.1 Å². The van der Waals surface area contributed by atoms with Crippen LogP contribution >= 0.6 is 0 Å². The van der Waals surface area contributed by atoms with E-state index in [1.165, 1.54) is 35.2 Å². The maximum Gasteiger partial charge on any atom is 0.342 e. The second-order valence-electron chi connectivity index (χ2n) is 10.0. The largest absolute Gasteiger partial charge is 0.493 e. The van der Waals surface area contributed by atoms with E-state index in [0.29, 0.717) is 35.9 Å². The van der Waals surface area contributed by atoms with Crippen molar-refractivity contribution in [1.82, 2.24) is 14.5 Å². The summed E-state index contributed by atoms with van der Waals surface area (Å²) in [5, 5.41) is 34.8. The summed E-state index contributed by atoms with van der Waals surface area (Å²) < 4.78 is 24.4. The van der Waals surface area contributed by atoms with Gasteiger partial charge in [0.25, 0.3) is 0 Å². The number of nitro groups is 1. The summed E-state index contributed by atoms with van der Waals surface area (Å²) in [4.78, 5) is 17.2. The number of fused-ring (bicyclic) bond motifs is 5. The fraction of sp³-hybridized carbons (Fsp3) is 0.407. The Morgan fingerprint density at radius 3 is 2.85 bits per heavy atom. The number of oxime groups is 1. The van der Waals surface area contributed by atoms with E-state index in [1.54, 1.807) is 13.0 Å². The average molecular weight is 552 g/mol. The molecule has 0 amide bonds. The number of benzene rings is 2. The van der Waals surface area contributed by atoms with Crippen molar-refractivity contribution in [2.24, 2.45) is 5.16 Å². The number of hydrogen-bond donors (Lipinski definition) is 2. The van der Waals surface area contributed by atoms with Crippen LogP contribution in [0.1, 0.15) is 39.7 Å². The summed E-state index contributed by atoms with van der Waals surface area (Å²) in [6.07, 6.45) is 3.00. The number of imidazole rings is 1. The lowest BCUT2D eigenvalue weighted by Crippen LogP contribution is -2.40. The van der Waals surface area contributed by atoms with Gasteiger partial charge in [-0.2, -0.15) is 0 Å². The molecule has 4 heterocycles. The van der Waals surface area contributed by atoms with Crippen molar-refractivity contribution in [3.05, 3.63) is 68.2 Å². The SMILES string of the molecule is COc1cc(/C=N/O)c2c(c1OCC(O)Cn1c([N+](=O)[O-])cnc1C)CN1CCc3cc4c(cc3C1C2)OCO4. The maximum atomic E-state index is 11.3. The number of aliphatic hydroxyl groups excluding tert-OH is 1. The van der Waals surface area contributed by atoms with E-state index < -0.39 is 11.0 Å². The predicted molar refractivity (Wildman–Crippen MR) is 141 cm³/mol. The summed E-state index contributed by atoms with van der Waals surface area (Å²) >= 11 is 0. The van der Waals surface area contributed by atoms with Crippen LogP contribution in [0.3, 0.4) is 0 Å². The van der Waals surface area contributed by atoms with Crippen molar-refractivity contribution in [3.8, 4) is 23.0 Å². The van der Waals surface area contributed by atoms with E-state index in [-0.39, 0.29) is 31.8 Å². The molecule has 2 aromatic carbocycles. The van der Waals surface area contributed by atoms with Gasteiger partial charge >= 0.3 is 5.82 Å². The van der Waals surface area contributed by atoms with E-state index in [2.05, 4.69) is 27.2 Å². The van der Waals surface area contributed by atoms with Gasteiger partial charge in [0.1, 0.15) is 25.5 Å². The number of aromatic nitrogens is 2. The third-order valence-corrected chi connectivity index (χ3v) is 7.81. The van der Waals surface area contributed by atoms with E-state index in [1.807, 2.05) is 0 Å². The van der Waals surface area contributed by atoms with Crippen molar-refractivity contribution >= 4 is 12.0 Å². The molecule has 2 N–H and O–H groups in total. The molecule has 0 fully saturated rings. The molecule has 0 radical (unpaired) electrons. The summed E-state index contributed by atoms with van der Waals surface area (Å²) in [6, 6.07) is 5.96.